The molecular weight excluding hydrogens is 180 g/mol. The molecule has 0 aromatic rings. The van der Waals surface area contributed by atoms with E-state index in [1.54, 1.807) is 0 Å². The summed E-state index contributed by atoms with van der Waals surface area (Å²) in [5.41, 5.74) is 0. The molecule has 0 aliphatic heterocycles. The van der Waals surface area contributed by atoms with Crippen molar-refractivity contribution in [2.45, 2.75) is 0 Å². The van der Waals surface area contributed by atoms with Gasteiger partial charge in [0.25, 0.3) is 0 Å². The molecule has 6 N–H and O–H groups in total. The molecule has 0 spiro atoms. The summed E-state index contributed by atoms with van der Waals surface area (Å²) in [6.07, 6.45) is 0. The number of hydrogen-bond donors (Lipinski definition) is 6. The molecule has 2 atom stereocenters. The molecule has 2 unspecified atom stereocenters. The first-order valence-electron chi connectivity index (χ1n) is 1.55. The lowest BCUT2D eigenvalue weighted by Crippen LogP contribution is -2.07. The topological polar surface area (TPSA) is 121 Å². The van der Waals surface area contributed by atoms with E-state index in [2.05, 4.69) is 0 Å². The van der Waals surface area contributed by atoms with Crippen LogP contribution < -0.4 is 0 Å². The van der Waals surface area contributed by atoms with Gasteiger partial charge in [0, 0.05) is 0 Å². The van der Waals surface area contributed by atoms with Crippen molar-refractivity contribution in [3.8, 4) is 0 Å². The Hall–Kier alpha value is 0.750. The van der Waals surface area contributed by atoms with E-state index in [1.807, 2.05) is 0 Å². The molecule has 0 saturated carbocycles. The van der Waals surface area contributed by atoms with Crippen molar-refractivity contribution in [3.63, 3.8) is 0 Å². The lowest BCUT2D eigenvalue weighted by atomic mass is 10.3. The van der Waals surface area contributed by atoms with Gasteiger partial charge in [-0.05, 0) is 0 Å². The highest BCUT2D eigenvalue weighted by Crippen LogP contribution is 1.40. The van der Waals surface area contributed by atoms with E-state index in [0.717, 1.165) is 0 Å². The second-order valence-electron chi connectivity index (χ2n) is 0.693. The van der Waals surface area contributed by atoms with Crippen LogP contribution in [0.25, 0.3) is 0 Å². The third-order valence-electron chi connectivity index (χ3n) is 0. The van der Waals surface area contributed by atoms with Crippen LogP contribution in [-0.4, -0.2) is 44.8 Å². The second kappa shape index (κ2) is 16.4. The zero-order valence-electron chi connectivity index (χ0n) is 5.25. The van der Waals surface area contributed by atoms with E-state index in [9.17, 15) is 0 Å². The molecule has 0 aliphatic rings. The fourth-order valence-corrected chi connectivity index (χ4v) is 0. The van der Waals surface area contributed by atoms with Crippen molar-refractivity contribution in [1.82, 2.24) is 0 Å². The molecule has 0 aromatic heterocycles. The minimum Gasteiger partial charge on any atom is -0.402 e. The van der Waals surface area contributed by atoms with Gasteiger partial charge in [-0.15, -0.1) is 0 Å². The summed E-state index contributed by atoms with van der Waals surface area (Å²) in [5, 5.41) is 43.0. The highest BCUT2D eigenvalue weighted by Gasteiger charge is 1.93. The highest BCUT2D eigenvalue weighted by molar-refractivity contribution is 6.92. The molecule has 64 valence electrons. The van der Waals surface area contributed by atoms with Crippen molar-refractivity contribution in [1.29, 1.82) is 0 Å². The van der Waals surface area contributed by atoms with Crippen molar-refractivity contribution < 1.29 is 30.1 Å². The van der Waals surface area contributed by atoms with Crippen LogP contribution in [0, 0.1) is 0 Å². The first-order chi connectivity index (χ1) is 3.46. The zero-order chi connectivity index (χ0) is 7.15. The van der Waals surface area contributed by atoms with Crippen molar-refractivity contribution in [2.75, 3.05) is 0 Å². The Balaban J connectivity index is -0.0000000300. The molecular formula is H12B2O6P2. The maximum Gasteiger partial charge on any atom is 0.631 e. The minimum atomic E-state index is -2.17. The van der Waals surface area contributed by atoms with E-state index in [0.29, 0.717) is 0 Å². The zero-order valence-corrected chi connectivity index (χ0v) is 8.08. The quantitative estimate of drug-likeness (QED) is 0.172. The lowest BCUT2D eigenvalue weighted by molar-refractivity contribution is 0.276. The van der Waals surface area contributed by atoms with Crippen LogP contribution >= 0.6 is 19.8 Å². The molecule has 0 heterocycles. The Labute approximate surface area is 65.5 Å². The second-order valence-corrected chi connectivity index (χ2v) is 0.693. The predicted octanol–water partition coefficient (Wildman–Crippen LogP) is -3.99. The molecule has 0 bridgehead atoms. The summed E-state index contributed by atoms with van der Waals surface area (Å²) in [6, 6.07) is 0. The average Bonchev–Trinajstić information content (AvgIpc) is 1.25. The Morgan fingerprint density at radius 3 is 0.500 bits per heavy atom. The largest absolute Gasteiger partial charge is 0.631 e. The van der Waals surface area contributed by atoms with Crippen LogP contribution in [0.4, 0.5) is 0 Å². The lowest BCUT2D eigenvalue weighted by Gasteiger charge is -1.69. The molecule has 0 aliphatic carbocycles. The first kappa shape index (κ1) is 22.4. The monoisotopic (exact) mass is 192 g/mol. The van der Waals surface area contributed by atoms with Gasteiger partial charge >= 0.3 is 14.6 Å². The van der Waals surface area contributed by atoms with Gasteiger partial charge < -0.3 is 30.1 Å². The van der Waals surface area contributed by atoms with E-state index in [4.69, 9.17) is 30.1 Å². The summed E-state index contributed by atoms with van der Waals surface area (Å²) in [4.78, 5) is 0. The Morgan fingerprint density at radius 1 is 0.500 bits per heavy atom. The fraction of sp³-hybridized carbons (Fsp3) is 0. The molecule has 0 rings (SSSR count). The van der Waals surface area contributed by atoms with Crippen molar-refractivity contribution in [2.24, 2.45) is 0 Å². The van der Waals surface area contributed by atoms with Crippen molar-refractivity contribution in [3.05, 3.63) is 0 Å². The van der Waals surface area contributed by atoms with Crippen LogP contribution in [0.3, 0.4) is 0 Å². The molecule has 0 amide bonds. The Kier molecular flexibility index (Phi) is 36.7. The molecule has 0 aromatic carbocycles. The predicted molar refractivity (Wildman–Crippen MR) is 47.0 cm³/mol. The summed E-state index contributed by atoms with van der Waals surface area (Å²) in [6.45, 7) is 0. The maximum absolute atomic E-state index is 7.17. The van der Waals surface area contributed by atoms with Crippen LogP contribution in [0.5, 0.6) is 0 Å². The highest BCUT2D eigenvalue weighted by atomic mass is 31.0. The van der Waals surface area contributed by atoms with Gasteiger partial charge in [-0.25, -0.2) is 0 Å². The molecule has 0 saturated heterocycles. The van der Waals surface area contributed by atoms with Crippen LogP contribution in [0.2, 0.25) is 0 Å². The average molecular weight is 192 g/mol. The van der Waals surface area contributed by atoms with E-state index in [-0.39, 0.29) is 19.8 Å². The molecule has 10 heavy (non-hydrogen) atoms. The van der Waals surface area contributed by atoms with E-state index >= 15 is 0 Å². The van der Waals surface area contributed by atoms with Gasteiger partial charge in [0.05, 0.1) is 0 Å². The fourth-order valence-electron chi connectivity index (χ4n) is 0. The van der Waals surface area contributed by atoms with Gasteiger partial charge in [-0.2, -0.15) is 19.8 Å². The van der Waals surface area contributed by atoms with Crippen LogP contribution in [-0.2, 0) is 0 Å². The third kappa shape index (κ3) is 935. The van der Waals surface area contributed by atoms with Gasteiger partial charge in [-0.3, -0.25) is 0 Å². The van der Waals surface area contributed by atoms with Gasteiger partial charge in [0.1, 0.15) is 0 Å². The Bertz CT molecular complexity index is 29.2. The minimum absolute atomic E-state index is 0. The molecule has 6 nitrogen and oxygen atoms in total. The van der Waals surface area contributed by atoms with E-state index < -0.39 is 14.6 Å². The summed E-state index contributed by atoms with van der Waals surface area (Å²) in [5.74, 6) is 0. The van der Waals surface area contributed by atoms with Gasteiger partial charge in [0.15, 0.2) is 0 Å². The summed E-state index contributed by atoms with van der Waals surface area (Å²) >= 11 is 0. The normalized spacial score (nSPS) is 5.40. The summed E-state index contributed by atoms with van der Waals surface area (Å²) < 4.78 is 0. The number of hydrogen-bond acceptors (Lipinski definition) is 6. The molecule has 10 heteroatoms. The van der Waals surface area contributed by atoms with E-state index in [1.165, 1.54) is 0 Å². The number of rotatable bonds is 0. The van der Waals surface area contributed by atoms with Crippen molar-refractivity contribution >= 4 is 34.4 Å². The van der Waals surface area contributed by atoms with Gasteiger partial charge in [-0.1, -0.05) is 0 Å². The standard InChI is InChI=1S/2BH3O3.2H3P/c2*2-1(3)4;;/h2*2-4H;2*1H3. The third-order valence-corrected chi connectivity index (χ3v) is 0. The SMILES string of the molecule is OB(O)O.OB(O)O.P.P. The van der Waals surface area contributed by atoms with Crippen LogP contribution in [0.1, 0.15) is 0 Å². The smallest absolute Gasteiger partial charge is 0.402 e. The van der Waals surface area contributed by atoms with Gasteiger partial charge in [0.2, 0.25) is 0 Å². The first-order valence-corrected chi connectivity index (χ1v) is 1.55. The Morgan fingerprint density at radius 2 is 0.500 bits per heavy atom. The van der Waals surface area contributed by atoms with Crippen LogP contribution in [0.15, 0.2) is 0 Å². The molecule has 0 fully saturated rings. The summed E-state index contributed by atoms with van der Waals surface area (Å²) in [7, 11) is -4.33. The maximum atomic E-state index is 7.17. The molecule has 0 radical (unpaired) electrons.